The Balaban J connectivity index is 1.03. The molecule has 0 saturated carbocycles. The smallest absolute Gasteiger partial charge is 0.343 e. The third-order valence-corrected chi connectivity index (χ3v) is 9.93. The van der Waals surface area contributed by atoms with Crippen LogP contribution in [0.1, 0.15) is 77.3 Å². The van der Waals surface area contributed by atoms with Gasteiger partial charge in [-0.15, -0.1) is 0 Å². The van der Waals surface area contributed by atoms with Gasteiger partial charge in [0.1, 0.15) is 23.0 Å². The zero-order chi connectivity index (χ0) is 44.9. The van der Waals surface area contributed by atoms with Crippen molar-refractivity contribution in [1.29, 1.82) is 5.41 Å². The van der Waals surface area contributed by atoms with Crippen LogP contribution in [0.2, 0.25) is 0 Å². The molecule has 1 fully saturated rings. The number of carbonyl (C=O) groups excluding carboxylic acids is 4. The van der Waals surface area contributed by atoms with Gasteiger partial charge in [-0.3, -0.25) is 0 Å². The Kier molecular flexibility index (Phi) is 18.5. The van der Waals surface area contributed by atoms with Gasteiger partial charge in [0, 0.05) is 42.4 Å². The van der Waals surface area contributed by atoms with Gasteiger partial charge in [0.15, 0.2) is 11.5 Å². The van der Waals surface area contributed by atoms with Crippen LogP contribution in [0, 0.1) is 10.8 Å². The first-order valence-electron chi connectivity index (χ1n) is 20.7. The molecule has 0 amide bonds. The number of esters is 4. The molecule has 0 radical (unpaired) electrons. The Morgan fingerprint density at radius 2 is 1.29 bits per heavy atom. The summed E-state index contributed by atoms with van der Waals surface area (Å²) in [6.45, 7) is 9.71. The van der Waals surface area contributed by atoms with E-state index in [-0.39, 0.29) is 46.1 Å². The quantitative estimate of drug-likeness (QED) is 0.0209. The average molecular weight is 864 g/mol. The minimum Gasteiger partial charge on any atom is -0.494 e. The van der Waals surface area contributed by atoms with Crippen LogP contribution in [0.25, 0.3) is 6.08 Å². The minimum absolute atomic E-state index is 0.120. The Labute approximate surface area is 367 Å². The highest BCUT2D eigenvalue weighted by molar-refractivity contribution is 5.94. The molecule has 5 rings (SSSR count). The normalized spacial score (nSPS) is 12.7. The third kappa shape index (κ3) is 15.0. The Morgan fingerprint density at radius 3 is 1.87 bits per heavy atom. The van der Waals surface area contributed by atoms with Crippen molar-refractivity contribution >= 4 is 36.2 Å². The van der Waals surface area contributed by atoms with Crippen molar-refractivity contribution < 1.29 is 61.8 Å². The summed E-state index contributed by atoms with van der Waals surface area (Å²) >= 11 is 0. The van der Waals surface area contributed by atoms with Crippen LogP contribution in [-0.2, 0) is 23.8 Å². The molecule has 63 heavy (non-hydrogen) atoms. The van der Waals surface area contributed by atoms with Crippen LogP contribution in [0.5, 0.6) is 34.5 Å². The van der Waals surface area contributed by atoms with E-state index in [4.69, 9.17) is 48.0 Å². The van der Waals surface area contributed by atoms with Crippen LogP contribution in [0.15, 0.2) is 104 Å². The SMILES string of the molecule is C=CC(=O)OCCCOc1ccc(C(=O)Oc2ccc(/C=C/C(=O)Oc3ccc(OC(=O)c4ccc(OCCCCCCOCC5(CC)COC5)cc4)c(C=N)c3)cc2OC)cc1. The number of nitrogens with one attached hydrogen (secondary N) is 1. The number of carbonyl (C=O) groups is 4. The summed E-state index contributed by atoms with van der Waals surface area (Å²) in [6, 6.07) is 22.1. The van der Waals surface area contributed by atoms with E-state index in [2.05, 4.69) is 13.5 Å². The molecule has 0 atom stereocenters. The van der Waals surface area contributed by atoms with Gasteiger partial charge in [-0.1, -0.05) is 26.0 Å². The van der Waals surface area contributed by atoms with Crippen molar-refractivity contribution in [3.05, 3.63) is 126 Å². The second-order valence-electron chi connectivity index (χ2n) is 14.6. The Hall–Kier alpha value is -6.77. The van der Waals surface area contributed by atoms with E-state index in [0.717, 1.165) is 70.8 Å². The Morgan fingerprint density at radius 1 is 0.683 bits per heavy atom. The maximum atomic E-state index is 12.9. The van der Waals surface area contributed by atoms with Crippen LogP contribution < -0.4 is 28.4 Å². The van der Waals surface area contributed by atoms with Crippen molar-refractivity contribution in [3.8, 4) is 34.5 Å². The number of benzene rings is 4. The van der Waals surface area contributed by atoms with Crippen LogP contribution in [-0.4, -0.2) is 83.4 Å². The fourth-order valence-corrected chi connectivity index (χ4v) is 6.07. The lowest BCUT2D eigenvalue weighted by atomic mass is 9.84. The van der Waals surface area contributed by atoms with Gasteiger partial charge in [0.25, 0.3) is 0 Å². The molecule has 1 heterocycles. The van der Waals surface area contributed by atoms with E-state index in [0.29, 0.717) is 42.3 Å². The van der Waals surface area contributed by atoms with Crippen LogP contribution in [0.3, 0.4) is 0 Å². The highest BCUT2D eigenvalue weighted by Crippen LogP contribution is 2.32. The van der Waals surface area contributed by atoms with E-state index in [1.54, 1.807) is 60.7 Å². The van der Waals surface area contributed by atoms with Gasteiger partial charge < -0.3 is 48.0 Å². The first-order valence-corrected chi connectivity index (χ1v) is 20.7. The fourth-order valence-electron chi connectivity index (χ4n) is 6.07. The monoisotopic (exact) mass is 863 g/mol. The molecule has 4 aromatic carbocycles. The molecule has 0 unspecified atom stereocenters. The zero-order valence-electron chi connectivity index (χ0n) is 35.6. The highest BCUT2D eigenvalue weighted by Gasteiger charge is 2.36. The molecule has 0 spiro atoms. The molecule has 1 aliphatic heterocycles. The molecule has 0 bridgehead atoms. The van der Waals surface area contributed by atoms with Crippen molar-refractivity contribution in [3.63, 3.8) is 0 Å². The van der Waals surface area contributed by atoms with E-state index < -0.39 is 23.9 Å². The molecule has 0 aromatic heterocycles. The predicted molar refractivity (Wildman–Crippen MR) is 234 cm³/mol. The summed E-state index contributed by atoms with van der Waals surface area (Å²) in [7, 11) is 1.42. The standard InChI is InChI=1S/C49H53NO13/c1-4-45(51)60-28-10-27-59-40-19-15-37(16-20-40)48(54)63-43-22-11-35(29-44(43)55-3)12-24-46(52)61-41-21-23-42(38(30-41)31-50)62-47(53)36-13-17-39(18-14-36)58-26-9-7-6-8-25-56-32-49(5-2)33-57-34-49/h4,11-24,29-31,50H,1,5-10,25-28,32-34H2,2-3H3/b24-12+,50-31?. The average Bonchev–Trinajstić information content (AvgIpc) is 3.29. The van der Waals surface area contributed by atoms with E-state index in [1.807, 2.05) is 0 Å². The van der Waals surface area contributed by atoms with Gasteiger partial charge >= 0.3 is 23.9 Å². The third-order valence-electron chi connectivity index (χ3n) is 9.93. The molecule has 14 nitrogen and oxygen atoms in total. The number of hydrogen-bond acceptors (Lipinski definition) is 14. The first-order chi connectivity index (χ1) is 30.6. The number of methoxy groups -OCH3 is 1. The van der Waals surface area contributed by atoms with Gasteiger partial charge in [-0.25, -0.2) is 19.2 Å². The molecule has 14 heteroatoms. The minimum atomic E-state index is -0.707. The highest BCUT2D eigenvalue weighted by atomic mass is 16.6. The summed E-state index contributed by atoms with van der Waals surface area (Å²) in [5, 5.41) is 7.85. The largest absolute Gasteiger partial charge is 0.494 e. The van der Waals surface area contributed by atoms with E-state index >= 15 is 0 Å². The molecule has 332 valence electrons. The summed E-state index contributed by atoms with van der Waals surface area (Å²) in [6.07, 6.45) is 10.4. The molecular formula is C49H53NO13. The second-order valence-corrected chi connectivity index (χ2v) is 14.6. The summed E-state index contributed by atoms with van der Waals surface area (Å²) in [5.74, 6) is -0.606. The predicted octanol–water partition coefficient (Wildman–Crippen LogP) is 8.63. The fraction of sp³-hybridized carbons (Fsp3) is 0.327. The van der Waals surface area contributed by atoms with E-state index in [9.17, 15) is 19.2 Å². The van der Waals surface area contributed by atoms with Crippen molar-refractivity contribution in [2.45, 2.75) is 45.4 Å². The van der Waals surface area contributed by atoms with E-state index in [1.165, 1.54) is 43.5 Å². The number of hydrogen-bond donors (Lipinski definition) is 1. The van der Waals surface area contributed by atoms with Crippen molar-refractivity contribution in [2.75, 3.05) is 53.4 Å². The summed E-state index contributed by atoms with van der Waals surface area (Å²) in [5.41, 5.74) is 1.58. The molecule has 0 aliphatic carbocycles. The second kappa shape index (κ2) is 24.6. The first kappa shape index (κ1) is 47.3. The lowest BCUT2D eigenvalue weighted by Gasteiger charge is -2.40. The lowest BCUT2D eigenvalue weighted by Crippen LogP contribution is -2.45. The maximum absolute atomic E-state index is 12.9. The molecule has 1 aliphatic rings. The van der Waals surface area contributed by atoms with Crippen molar-refractivity contribution in [2.24, 2.45) is 5.41 Å². The number of ether oxygens (including phenoxy) is 9. The summed E-state index contributed by atoms with van der Waals surface area (Å²) in [4.78, 5) is 49.6. The zero-order valence-corrected chi connectivity index (χ0v) is 35.6. The molecular weight excluding hydrogens is 811 g/mol. The molecule has 1 saturated heterocycles. The van der Waals surface area contributed by atoms with Crippen LogP contribution >= 0.6 is 0 Å². The molecule has 1 N–H and O–H groups in total. The van der Waals surface area contributed by atoms with Gasteiger partial charge in [0.2, 0.25) is 0 Å². The Bertz CT molecular complexity index is 2190. The number of unbranched alkanes of at least 4 members (excludes halogenated alkanes) is 3. The van der Waals surface area contributed by atoms with Gasteiger partial charge in [-0.2, -0.15) is 0 Å². The summed E-state index contributed by atoms with van der Waals surface area (Å²) < 4.78 is 49.6. The van der Waals surface area contributed by atoms with Gasteiger partial charge in [-0.05, 0) is 116 Å². The molecule has 4 aromatic rings. The van der Waals surface area contributed by atoms with Crippen molar-refractivity contribution in [1.82, 2.24) is 0 Å². The van der Waals surface area contributed by atoms with Crippen LogP contribution in [0.4, 0.5) is 0 Å². The topological polar surface area (TPSA) is 175 Å². The maximum Gasteiger partial charge on any atom is 0.343 e. The van der Waals surface area contributed by atoms with Gasteiger partial charge in [0.05, 0.1) is 57.9 Å². The lowest BCUT2D eigenvalue weighted by molar-refractivity contribution is -0.150. The number of rotatable bonds is 26.